The number of hydrogen-bond acceptors (Lipinski definition) is 3. The average molecular weight is 331 g/mol. The molecule has 0 aromatic heterocycles. The van der Waals surface area contributed by atoms with Crippen LogP contribution >= 0.6 is 35.3 Å². The highest BCUT2D eigenvalue weighted by Gasteiger charge is 2.14. The van der Waals surface area contributed by atoms with Crippen LogP contribution in [0.2, 0.25) is 0 Å². The van der Waals surface area contributed by atoms with Crippen LogP contribution in [0, 0.1) is 0 Å². The molecule has 0 amide bonds. The Kier molecular flexibility index (Phi) is 5.78. The summed E-state index contributed by atoms with van der Waals surface area (Å²) in [5.41, 5.74) is 1.38. The SMILES string of the molecule is C(=C1SCCCS1)C(Sc1ccccc1)c1ccccc1. The maximum atomic E-state index is 2.45. The highest BCUT2D eigenvalue weighted by atomic mass is 32.2. The van der Waals surface area contributed by atoms with Gasteiger partial charge >= 0.3 is 0 Å². The number of thioether (sulfide) groups is 3. The zero-order chi connectivity index (χ0) is 14.3. The fourth-order valence-corrected chi connectivity index (χ4v) is 5.89. The Morgan fingerprint density at radius 2 is 1.48 bits per heavy atom. The van der Waals surface area contributed by atoms with Crippen LogP contribution < -0.4 is 0 Å². The predicted molar refractivity (Wildman–Crippen MR) is 99.1 cm³/mol. The van der Waals surface area contributed by atoms with Crippen LogP contribution in [0.1, 0.15) is 17.2 Å². The van der Waals surface area contributed by atoms with Crippen LogP contribution in [-0.4, -0.2) is 11.5 Å². The lowest BCUT2D eigenvalue weighted by Gasteiger charge is -2.18. The Morgan fingerprint density at radius 1 is 0.857 bits per heavy atom. The average Bonchev–Trinajstić information content (AvgIpc) is 2.57. The van der Waals surface area contributed by atoms with Gasteiger partial charge in [-0.15, -0.1) is 35.3 Å². The first-order chi connectivity index (χ1) is 10.4. The van der Waals surface area contributed by atoms with E-state index in [2.05, 4.69) is 66.7 Å². The molecular weight excluding hydrogens is 312 g/mol. The van der Waals surface area contributed by atoms with Crippen LogP contribution in [-0.2, 0) is 0 Å². The summed E-state index contributed by atoms with van der Waals surface area (Å²) in [6.07, 6.45) is 3.77. The number of rotatable bonds is 4. The van der Waals surface area contributed by atoms with E-state index in [4.69, 9.17) is 0 Å². The van der Waals surface area contributed by atoms with E-state index in [1.54, 1.807) is 0 Å². The number of benzene rings is 2. The van der Waals surface area contributed by atoms with E-state index in [1.165, 1.54) is 32.6 Å². The van der Waals surface area contributed by atoms with Gasteiger partial charge in [-0.3, -0.25) is 0 Å². The summed E-state index contributed by atoms with van der Waals surface area (Å²) in [5.74, 6) is 2.52. The van der Waals surface area contributed by atoms with E-state index in [1.807, 2.05) is 35.3 Å². The highest BCUT2D eigenvalue weighted by molar-refractivity contribution is 8.22. The second-order valence-corrected chi connectivity index (χ2v) is 8.55. The van der Waals surface area contributed by atoms with Gasteiger partial charge in [0.25, 0.3) is 0 Å². The molecule has 0 bridgehead atoms. The molecule has 0 saturated carbocycles. The molecule has 1 heterocycles. The molecule has 1 saturated heterocycles. The Hall–Kier alpha value is -0.770. The molecule has 1 fully saturated rings. The van der Waals surface area contributed by atoms with Crippen LogP contribution in [0.4, 0.5) is 0 Å². The molecule has 0 aliphatic carbocycles. The zero-order valence-corrected chi connectivity index (χ0v) is 14.2. The van der Waals surface area contributed by atoms with Gasteiger partial charge in [0.15, 0.2) is 0 Å². The molecule has 0 spiro atoms. The largest absolute Gasteiger partial charge is 0.120 e. The van der Waals surface area contributed by atoms with Gasteiger partial charge in [-0.05, 0) is 41.7 Å². The Balaban J connectivity index is 1.84. The van der Waals surface area contributed by atoms with Crippen LogP contribution in [0.3, 0.4) is 0 Å². The fraction of sp³-hybridized carbons (Fsp3) is 0.222. The van der Waals surface area contributed by atoms with Gasteiger partial charge in [0.1, 0.15) is 0 Å². The van der Waals surface area contributed by atoms with Crippen molar-refractivity contribution in [1.82, 2.24) is 0 Å². The van der Waals surface area contributed by atoms with Gasteiger partial charge < -0.3 is 0 Å². The third-order valence-corrected chi connectivity index (χ3v) is 6.94. The first-order valence-electron chi connectivity index (χ1n) is 7.16. The zero-order valence-electron chi connectivity index (χ0n) is 11.8. The predicted octanol–water partition coefficient (Wildman–Crippen LogP) is 6.23. The molecule has 108 valence electrons. The summed E-state index contributed by atoms with van der Waals surface area (Å²) in [7, 11) is 0. The first kappa shape index (κ1) is 15.1. The summed E-state index contributed by atoms with van der Waals surface area (Å²) >= 11 is 5.95. The summed E-state index contributed by atoms with van der Waals surface area (Å²) in [5, 5.41) is 0.390. The topological polar surface area (TPSA) is 0 Å². The van der Waals surface area contributed by atoms with Gasteiger partial charge in [-0.2, -0.15) is 0 Å². The number of hydrogen-bond donors (Lipinski definition) is 0. The van der Waals surface area contributed by atoms with Crippen molar-refractivity contribution in [2.24, 2.45) is 0 Å². The monoisotopic (exact) mass is 330 g/mol. The molecular formula is C18H18S3. The Bertz CT molecular complexity index is 570. The van der Waals surface area contributed by atoms with Crippen LogP contribution in [0.25, 0.3) is 0 Å². The molecule has 2 aromatic carbocycles. The highest BCUT2D eigenvalue weighted by Crippen LogP contribution is 2.42. The minimum Gasteiger partial charge on any atom is -0.120 e. The molecule has 1 aliphatic heterocycles. The molecule has 1 atom stereocenters. The second-order valence-electron chi connectivity index (χ2n) is 4.80. The van der Waals surface area contributed by atoms with E-state index in [0.29, 0.717) is 5.25 Å². The van der Waals surface area contributed by atoms with Crippen molar-refractivity contribution in [2.75, 3.05) is 11.5 Å². The maximum Gasteiger partial charge on any atom is 0.0543 e. The summed E-state index contributed by atoms with van der Waals surface area (Å²) in [4.78, 5) is 1.33. The van der Waals surface area contributed by atoms with Crippen LogP contribution in [0.5, 0.6) is 0 Å². The van der Waals surface area contributed by atoms with E-state index in [9.17, 15) is 0 Å². The van der Waals surface area contributed by atoms with Gasteiger partial charge in [0, 0.05) is 9.13 Å². The lowest BCUT2D eigenvalue weighted by molar-refractivity contribution is 1.12. The standard InChI is InChI=1S/C18H18S3/c1-3-8-15(9-4-1)17(14-18-19-12-7-13-20-18)21-16-10-5-2-6-11-16/h1-6,8-11,14,17H,7,12-13H2. The lowest BCUT2D eigenvalue weighted by atomic mass is 10.1. The summed E-state index contributed by atoms with van der Waals surface area (Å²) < 4.78 is 1.48. The second kappa shape index (κ2) is 8.02. The van der Waals surface area contributed by atoms with Gasteiger partial charge in [-0.25, -0.2) is 0 Å². The van der Waals surface area contributed by atoms with Crippen LogP contribution in [0.15, 0.2) is 75.9 Å². The Morgan fingerprint density at radius 3 is 2.14 bits per heavy atom. The minimum atomic E-state index is 0.390. The molecule has 3 rings (SSSR count). The third kappa shape index (κ3) is 4.60. The first-order valence-corrected chi connectivity index (χ1v) is 10.0. The minimum absolute atomic E-state index is 0.390. The van der Waals surface area contributed by atoms with E-state index in [0.717, 1.165) is 0 Å². The fourth-order valence-electron chi connectivity index (χ4n) is 2.15. The lowest BCUT2D eigenvalue weighted by Crippen LogP contribution is -1.95. The maximum absolute atomic E-state index is 2.45. The quantitative estimate of drug-likeness (QED) is 0.610. The van der Waals surface area contributed by atoms with Crippen molar-refractivity contribution in [2.45, 2.75) is 16.6 Å². The molecule has 0 radical (unpaired) electrons. The molecule has 3 heteroatoms. The van der Waals surface area contributed by atoms with Crippen molar-refractivity contribution < 1.29 is 0 Å². The molecule has 1 aliphatic rings. The van der Waals surface area contributed by atoms with Gasteiger partial charge in [-0.1, -0.05) is 48.5 Å². The van der Waals surface area contributed by atoms with Crippen molar-refractivity contribution >= 4 is 35.3 Å². The summed E-state index contributed by atoms with van der Waals surface area (Å²) in [6.45, 7) is 0. The van der Waals surface area contributed by atoms with Crippen molar-refractivity contribution in [1.29, 1.82) is 0 Å². The van der Waals surface area contributed by atoms with E-state index in [-0.39, 0.29) is 0 Å². The van der Waals surface area contributed by atoms with E-state index >= 15 is 0 Å². The molecule has 1 unspecified atom stereocenters. The molecule has 2 aromatic rings. The van der Waals surface area contributed by atoms with E-state index < -0.39 is 0 Å². The smallest absolute Gasteiger partial charge is 0.0543 e. The summed E-state index contributed by atoms with van der Waals surface area (Å²) in [6, 6.07) is 21.5. The third-order valence-electron chi connectivity index (χ3n) is 3.20. The van der Waals surface area contributed by atoms with Crippen molar-refractivity contribution in [3.63, 3.8) is 0 Å². The molecule has 21 heavy (non-hydrogen) atoms. The molecule has 0 nitrogen and oxygen atoms in total. The van der Waals surface area contributed by atoms with Gasteiger partial charge in [0.2, 0.25) is 0 Å². The molecule has 0 N–H and O–H groups in total. The Labute approximate surface area is 139 Å². The van der Waals surface area contributed by atoms with Gasteiger partial charge in [0.05, 0.1) is 5.25 Å². The van der Waals surface area contributed by atoms with Crippen molar-refractivity contribution in [3.05, 3.63) is 76.5 Å². The van der Waals surface area contributed by atoms with Crippen molar-refractivity contribution in [3.8, 4) is 0 Å². The normalized spacial score (nSPS) is 16.5.